The van der Waals surface area contributed by atoms with Gasteiger partial charge in [-0.1, -0.05) is 92.1 Å². The van der Waals surface area contributed by atoms with Gasteiger partial charge in [-0.2, -0.15) is 0 Å². The third-order valence-electron chi connectivity index (χ3n) is 7.65. The maximum atomic E-state index is 14.0. The van der Waals surface area contributed by atoms with Crippen molar-refractivity contribution in [3.63, 3.8) is 0 Å². The fraction of sp³-hybridized carbons (Fsp3) is 0.407. The number of hydrogen-bond donors (Lipinski definition) is 4. The highest BCUT2D eigenvalue weighted by molar-refractivity contribution is 8.23. The molecule has 1 unspecified atom stereocenters. The molecule has 2 aliphatic carbocycles. The van der Waals surface area contributed by atoms with E-state index in [1.54, 1.807) is 24.3 Å². The normalized spacial score (nSPS) is 25.1. The Labute approximate surface area is 202 Å². The number of aliphatic hydroxyl groups excluding tert-OH is 1. The second-order valence-corrected chi connectivity index (χ2v) is 11.6. The Kier molecular flexibility index (Phi) is 6.04. The number of anilines is 1. The zero-order chi connectivity index (χ0) is 23.9. The standard InChI is InChI=1S/C27H32N2O4S/c1-27(17-9-12-18-10-3-2-4-11-18)20-14-6-5-13-19(20)24(30)23(25(27)31)26-28-21-15-7-8-16-22(21)34(32,33)29-26/h5-8,13-16,18,30,32-33H,2-4,9-12,17H2,1H3,(H,28,29). The van der Waals surface area contributed by atoms with E-state index in [1.165, 1.54) is 32.1 Å². The minimum atomic E-state index is -3.51. The van der Waals surface area contributed by atoms with Crippen LogP contribution in [0.25, 0.3) is 5.76 Å². The lowest BCUT2D eigenvalue weighted by Gasteiger charge is -2.39. The molecular weight excluding hydrogens is 448 g/mol. The number of nitrogens with zero attached hydrogens (tertiary/aromatic N) is 1. The number of carbonyl (C=O) groups is 1. The van der Waals surface area contributed by atoms with E-state index in [0.29, 0.717) is 17.7 Å². The van der Waals surface area contributed by atoms with Crippen molar-refractivity contribution in [3.05, 3.63) is 65.2 Å². The lowest BCUT2D eigenvalue weighted by atomic mass is 9.66. The summed E-state index contributed by atoms with van der Waals surface area (Å²) in [5.41, 5.74) is 1.06. The molecule has 180 valence electrons. The number of ketones is 1. The average Bonchev–Trinajstić information content (AvgIpc) is 2.83. The third kappa shape index (κ3) is 3.96. The number of nitrogens with one attached hydrogen (secondary N) is 1. The van der Waals surface area contributed by atoms with E-state index < -0.39 is 16.2 Å². The lowest BCUT2D eigenvalue weighted by Crippen LogP contribution is -2.42. The van der Waals surface area contributed by atoms with Gasteiger partial charge in [-0.15, -0.1) is 4.40 Å². The molecule has 4 N–H and O–H groups in total. The summed E-state index contributed by atoms with van der Waals surface area (Å²) in [6, 6.07) is 14.2. The first kappa shape index (κ1) is 23.1. The van der Waals surface area contributed by atoms with Gasteiger partial charge in [0.15, 0.2) is 11.6 Å². The van der Waals surface area contributed by atoms with E-state index in [4.69, 9.17) is 0 Å². The summed E-state index contributed by atoms with van der Waals surface area (Å²) in [6.45, 7) is 1.94. The van der Waals surface area contributed by atoms with E-state index in [0.717, 1.165) is 24.3 Å². The number of rotatable bonds is 5. The summed E-state index contributed by atoms with van der Waals surface area (Å²) in [4.78, 5) is 14.3. The van der Waals surface area contributed by atoms with Crippen LogP contribution in [0.2, 0.25) is 0 Å². The monoisotopic (exact) mass is 480 g/mol. The Hall–Kier alpha value is -2.61. The number of para-hydroxylation sites is 1. The van der Waals surface area contributed by atoms with Gasteiger partial charge in [-0.05, 0) is 37.0 Å². The fourth-order valence-electron chi connectivity index (χ4n) is 5.74. The van der Waals surface area contributed by atoms with E-state index in [9.17, 15) is 19.0 Å². The van der Waals surface area contributed by atoms with Crippen molar-refractivity contribution in [3.8, 4) is 0 Å². The molecule has 1 heterocycles. The van der Waals surface area contributed by atoms with Crippen LogP contribution >= 0.6 is 10.8 Å². The maximum absolute atomic E-state index is 14.0. The van der Waals surface area contributed by atoms with E-state index in [2.05, 4.69) is 9.71 Å². The number of fused-ring (bicyclic) bond motifs is 2. The van der Waals surface area contributed by atoms with Crippen LogP contribution in [0, 0.1) is 5.92 Å². The van der Waals surface area contributed by atoms with E-state index in [-0.39, 0.29) is 27.8 Å². The first-order valence-electron chi connectivity index (χ1n) is 12.1. The predicted molar refractivity (Wildman–Crippen MR) is 137 cm³/mol. The van der Waals surface area contributed by atoms with Gasteiger partial charge in [0.2, 0.25) is 0 Å². The maximum Gasteiger partial charge on any atom is 0.180 e. The van der Waals surface area contributed by atoms with Crippen LogP contribution in [-0.4, -0.2) is 25.8 Å². The topological polar surface area (TPSA) is 102 Å². The minimum absolute atomic E-state index is 0.00853. The first-order valence-corrected chi connectivity index (χ1v) is 13.6. The largest absolute Gasteiger partial charge is 0.506 e. The zero-order valence-electron chi connectivity index (χ0n) is 19.5. The molecule has 7 heteroatoms. The average molecular weight is 481 g/mol. The molecule has 0 radical (unpaired) electrons. The number of Topliss-reactive ketones (excluding diaryl/α,β-unsaturated/α-hetero) is 1. The van der Waals surface area contributed by atoms with Gasteiger partial charge in [0.05, 0.1) is 11.1 Å². The van der Waals surface area contributed by atoms with E-state index >= 15 is 0 Å². The highest BCUT2D eigenvalue weighted by Crippen LogP contribution is 2.56. The van der Waals surface area contributed by atoms with Gasteiger partial charge in [0.1, 0.15) is 16.2 Å². The molecule has 0 saturated heterocycles. The molecule has 1 aliphatic heterocycles. The van der Waals surface area contributed by atoms with Gasteiger partial charge in [-0.25, -0.2) is 0 Å². The van der Waals surface area contributed by atoms with Crippen LogP contribution in [0.4, 0.5) is 5.69 Å². The fourth-order valence-corrected chi connectivity index (χ4v) is 6.91. The molecule has 6 nitrogen and oxygen atoms in total. The molecule has 1 fully saturated rings. The summed E-state index contributed by atoms with van der Waals surface area (Å²) >= 11 is 0. The van der Waals surface area contributed by atoms with Gasteiger partial charge in [0.25, 0.3) is 0 Å². The molecule has 0 spiro atoms. The Morgan fingerprint density at radius 3 is 2.56 bits per heavy atom. The van der Waals surface area contributed by atoms with Crippen molar-refractivity contribution in [2.24, 2.45) is 10.3 Å². The molecule has 5 rings (SSSR count). The molecule has 0 aromatic heterocycles. The molecule has 2 aromatic carbocycles. The minimum Gasteiger partial charge on any atom is -0.506 e. The highest BCUT2D eigenvalue weighted by atomic mass is 32.3. The Balaban J connectivity index is 1.51. The van der Waals surface area contributed by atoms with Crippen molar-refractivity contribution in [1.29, 1.82) is 0 Å². The Morgan fingerprint density at radius 2 is 1.76 bits per heavy atom. The van der Waals surface area contributed by atoms with Gasteiger partial charge in [-0.3, -0.25) is 13.9 Å². The molecule has 0 amide bonds. The van der Waals surface area contributed by atoms with Crippen molar-refractivity contribution in [1.82, 2.24) is 0 Å². The summed E-state index contributed by atoms with van der Waals surface area (Å²) < 4.78 is 25.5. The molecule has 1 saturated carbocycles. The van der Waals surface area contributed by atoms with Crippen LogP contribution in [0.15, 0.2) is 63.4 Å². The van der Waals surface area contributed by atoms with Crippen LogP contribution in [0.3, 0.4) is 0 Å². The third-order valence-corrected chi connectivity index (χ3v) is 9.03. The molecule has 0 bridgehead atoms. The van der Waals surface area contributed by atoms with Crippen LogP contribution in [-0.2, 0) is 10.2 Å². The summed E-state index contributed by atoms with van der Waals surface area (Å²) in [7, 11) is -3.51. The SMILES string of the molecule is CC1(CCCC2CCCCC2)C(=O)C(C2=NS(O)(O)c3ccccc3N2)=C(O)c2ccccc21. The van der Waals surface area contributed by atoms with Crippen molar-refractivity contribution >= 4 is 33.8 Å². The summed E-state index contributed by atoms with van der Waals surface area (Å²) in [6.07, 6.45) is 9.14. The lowest BCUT2D eigenvalue weighted by molar-refractivity contribution is -0.120. The quantitative estimate of drug-likeness (QED) is 0.366. The molecule has 2 aromatic rings. The van der Waals surface area contributed by atoms with Gasteiger partial charge >= 0.3 is 0 Å². The number of aliphatic hydroxyl groups is 1. The first-order chi connectivity index (χ1) is 16.3. The predicted octanol–water partition coefficient (Wildman–Crippen LogP) is 7.10. The van der Waals surface area contributed by atoms with Crippen molar-refractivity contribution in [2.75, 3.05) is 5.32 Å². The number of carbonyl (C=O) groups excluding carboxylic acids is 1. The number of amidine groups is 1. The molecule has 3 aliphatic rings. The number of hydrogen-bond acceptors (Lipinski definition) is 6. The molecular formula is C27H32N2O4S. The van der Waals surface area contributed by atoms with Crippen LogP contribution in [0.1, 0.15) is 69.4 Å². The van der Waals surface area contributed by atoms with Crippen LogP contribution < -0.4 is 5.32 Å². The van der Waals surface area contributed by atoms with Crippen molar-refractivity contribution < 1.29 is 19.0 Å². The highest BCUT2D eigenvalue weighted by Gasteiger charge is 2.46. The smallest absolute Gasteiger partial charge is 0.180 e. The molecule has 1 atom stereocenters. The molecule has 34 heavy (non-hydrogen) atoms. The zero-order valence-corrected chi connectivity index (χ0v) is 20.3. The van der Waals surface area contributed by atoms with Crippen LogP contribution in [0.5, 0.6) is 0 Å². The van der Waals surface area contributed by atoms with E-state index in [1.807, 2.05) is 31.2 Å². The summed E-state index contributed by atoms with van der Waals surface area (Å²) in [5.74, 6) is 0.317. The Bertz CT molecular complexity index is 1180. The van der Waals surface area contributed by atoms with Gasteiger partial charge in [0, 0.05) is 5.56 Å². The summed E-state index contributed by atoms with van der Waals surface area (Å²) in [5, 5.41) is 14.3. The van der Waals surface area contributed by atoms with Crippen molar-refractivity contribution in [2.45, 2.75) is 68.6 Å². The second kappa shape index (κ2) is 8.87. The van der Waals surface area contributed by atoms with Gasteiger partial charge < -0.3 is 10.4 Å². The second-order valence-electron chi connectivity index (χ2n) is 9.91. The number of benzene rings is 2. The Morgan fingerprint density at radius 1 is 1.06 bits per heavy atom.